The Morgan fingerprint density at radius 2 is 1.96 bits per heavy atom. The van der Waals surface area contributed by atoms with Gasteiger partial charge in [-0.2, -0.15) is 5.26 Å². The molecule has 0 atom stereocenters. The molecule has 1 fully saturated rings. The molecule has 2 aromatic rings. The Morgan fingerprint density at radius 3 is 2.65 bits per heavy atom. The SMILES string of the molecule is CN(C(=O)COC(=O)c1cn(C)c2ccccc12)C1(C#N)CCCCC1. The summed E-state index contributed by atoms with van der Waals surface area (Å²) in [7, 11) is 3.49. The number of esters is 1. The summed E-state index contributed by atoms with van der Waals surface area (Å²) in [6.07, 6.45) is 5.99. The molecule has 0 saturated heterocycles. The van der Waals surface area contributed by atoms with Gasteiger partial charge < -0.3 is 14.2 Å². The van der Waals surface area contributed by atoms with Crippen molar-refractivity contribution in [3.63, 3.8) is 0 Å². The number of hydrogen-bond acceptors (Lipinski definition) is 4. The molecule has 0 unspecified atom stereocenters. The van der Waals surface area contributed by atoms with Crippen molar-refractivity contribution in [2.75, 3.05) is 13.7 Å². The number of rotatable bonds is 4. The smallest absolute Gasteiger partial charge is 0.340 e. The van der Waals surface area contributed by atoms with Gasteiger partial charge in [-0.05, 0) is 18.9 Å². The van der Waals surface area contributed by atoms with Gasteiger partial charge in [0.2, 0.25) is 0 Å². The molecule has 1 aliphatic carbocycles. The third kappa shape index (κ3) is 3.17. The Bertz CT molecular complexity index is 872. The number of benzene rings is 1. The Balaban J connectivity index is 1.69. The zero-order chi connectivity index (χ0) is 18.7. The molecule has 6 nitrogen and oxygen atoms in total. The molecule has 0 aliphatic heterocycles. The van der Waals surface area contributed by atoms with E-state index in [0.29, 0.717) is 18.4 Å². The van der Waals surface area contributed by atoms with Gasteiger partial charge in [0.15, 0.2) is 6.61 Å². The Morgan fingerprint density at radius 1 is 1.27 bits per heavy atom. The summed E-state index contributed by atoms with van der Waals surface area (Å²) in [5.41, 5.74) is 0.584. The van der Waals surface area contributed by atoms with E-state index < -0.39 is 11.5 Å². The highest BCUT2D eigenvalue weighted by molar-refractivity contribution is 6.04. The fourth-order valence-corrected chi connectivity index (χ4v) is 3.70. The van der Waals surface area contributed by atoms with Crippen LogP contribution in [0.2, 0.25) is 0 Å². The lowest BCUT2D eigenvalue weighted by Gasteiger charge is -2.38. The number of carbonyl (C=O) groups is 2. The molecule has 0 bridgehead atoms. The van der Waals surface area contributed by atoms with Crippen molar-refractivity contribution >= 4 is 22.8 Å². The van der Waals surface area contributed by atoms with Crippen molar-refractivity contribution in [3.05, 3.63) is 36.0 Å². The van der Waals surface area contributed by atoms with E-state index in [2.05, 4.69) is 6.07 Å². The lowest BCUT2D eigenvalue weighted by molar-refractivity contribution is -0.138. The van der Waals surface area contributed by atoms with Gasteiger partial charge in [-0.25, -0.2) is 4.79 Å². The number of fused-ring (bicyclic) bond motifs is 1. The van der Waals surface area contributed by atoms with Crippen molar-refractivity contribution in [2.24, 2.45) is 7.05 Å². The number of aromatic nitrogens is 1. The number of aryl methyl sites for hydroxylation is 1. The summed E-state index contributed by atoms with van der Waals surface area (Å²) >= 11 is 0. The molecular weight excluding hydrogens is 330 g/mol. The number of carbonyl (C=O) groups excluding carboxylic acids is 2. The third-order valence-electron chi connectivity index (χ3n) is 5.35. The summed E-state index contributed by atoms with van der Waals surface area (Å²) in [6, 6.07) is 9.84. The summed E-state index contributed by atoms with van der Waals surface area (Å²) < 4.78 is 7.11. The zero-order valence-electron chi connectivity index (χ0n) is 15.2. The van der Waals surface area contributed by atoms with Crippen LogP contribution in [0.5, 0.6) is 0 Å². The highest BCUT2D eigenvalue weighted by Gasteiger charge is 2.39. The van der Waals surface area contributed by atoms with Crippen molar-refractivity contribution in [3.8, 4) is 6.07 Å². The number of para-hydroxylation sites is 1. The molecule has 1 aromatic heterocycles. The topological polar surface area (TPSA) is 75.3 Å². The van der Waals surface area contributed by atoms with E-state index in [-0.39, 0.29) is 12.5 Å². The van der Waals surface area contributed by atoms with Crippen LogP contribution < -0.4 is 0 Å². The van der Waals surface area contributed by atoms with Crippen LogP contribution >= 0.6 is 0 Å². The van der Waals surface area contributed by atoms with E-state index in [9.17, 15) is 14.9 Å². The van der Waals surface area contributed by atoms with Gasteiger partial charge in [-0.15, -0.1) is 0 Å². The van der Waals surface area contributed by atoms with Crippen LogP contribution in [0, 0.1) is 11.3 Å². The van der Waals surface area contributed by atoms with Crippen molar-refractivity contribution in [1.82, 2.24) is 9.47 Å². The van der Waals surface area contributed by atoms with Crippen LogP contribution in [0.4, 0.5) is 0 Å². The number of nitriles is 1. The van der Waals surface area contributed by atoms with Gasteiger partial charge in [0.25, 0.3) is 5.91 Å². The molecular formula is C20H23N3O3. The van der Waals surface area contributed by atoms with Gasteiger partial charge in [-0.1, -0.05) is 37.5 Å². The van der Waals surface area contributed by atoms with E-state index in [1.807, 2.05) is 35.9 Å². The maximum Gasteiger partial charge on any atom is 0.340 e. The molecule has 26 heavy (non-hydrogen) atoms. The second-order valence-corrected chi connectivity index (χ2v) is 6.90. The highest BCUT2D eigenvalue weighted by Crippen LogP contribution is 2.32. The molecule has 6 heteroatoms. The molecule has 3 rings (SSSR count). The summed E-state index contributed by atoms with van der Waals surface area (Å²) in [5, 5.41) is 10.4. The second-order valence-electron chi connectivity index (χ2n) is 6.90. The average molecular weight is 353 g/mol. The minimum Gasteiger partial charge on any atom is -0.452 e. The predicted molar refractivity (Wildman–Crippen MR) is 97.4 cm³/mol. The molecule has 1 saturated carbocycles. The first-order valence-electron chi connectivity index (χ1n) is 8.87. The zero-order valence-corrected chi connectivity index (χ0v) is 15.2. The molecule has 0 spiro atoms. The quantitative estimate of drug-likeness (QED) is 0.792. The molecule has 136 valence electrons. The number of amides is 1. The predicted octanol–water partition coefficient (Wildman–Crippen LogP) is 3.02. The van der Waals surface area contributed by atoms with E-state index >= 15 is 0 Å². The average Bonchev–Trinajstić information content (AvgIpc) is 3.03. The van der Waals surface area contributed by atoms with Crippen LogP contribution in [0.15, 0.2) is 30.5 Å². The van der Waals surface area contributed by atoms with Gasteiger partial charge in [0, 0.05) is 31.2 Å². The van der Waals surface area contributed by atoms with Crippen LogP contribution in [0.25, 0.3) is 10.9 Å². The van der Waals surface area contributed by atoms with Crippen LogP contribution in [-0.2, 0) is 16.6 Å². The van der Waals surface area contributed by atoms with E-state index in [1.165, 1.54) is 4.90 Å². The minimum absolute atomic E-state index is 0.345. The first kappa shape index (κ1) is 18.0. The highest BCUT2D eigenvalue weighted by atomic mass is 16.5. The monoisotopic (exact) mass is 353 g/mol. The second kappa shape index (κ2) is 7.20. The molecule has 0 radical (unpaired) electrons. The summed E-state index contributed by atoms with van der Waals surface area (Å²) in [6.45, 7) is -0.359. The molecule has 1 aliphatic rings. The maximum absolute atomic E-state index is 12.5. The fraction of sp³-hybridized carbons (Fsp3) is 0.450. The van der Waals surface area contributed by atoms with Gasteiger partial charge in [0.05, 0.1) is 11.6 Å². The summed E-state index contributed by atoms with van der Waals surface area (Å²) in [5.74, 6) is -0.875. The lowest BCUT2D eigenvalue weighted by atomic mass is 9.81. The Labute approximate surface area is 152 Å². The van der Waals surface area contributed by atoms with E-state index in [4.69, 9.17) is 4.74 Å². The lowest BCUT2D eigenvalue weighted by Crippen LogP contribution is -2.51. The Hall–Kier alpha value is -2.81. The van der Waals surface area contributed by atoms with Gasteiger partial charge in [0.1, 0.15) is 5.54 Å². The van der Waals surface area contributed by atoms with Gasteiger partial charge in [-0.3, -0.25) is 4.79 Å². The van der Waals surface area contributed by atoms with Gasteiger partial charge >= 0.3 is 5.97 Å². The standard InChI is InChI=1S/C20H23N3O3/c1-22-12-16(15-8-4-5-9-17(15)22)19(25)26-13-18(24)23(2)20(14-21)10-6-3-7-11-20/h4-5,8-9,12H,3,6-7,10-11,13H2,1-2H3. The largest absolute Gasteiger partial charge is 0.452 e. The minimum atomic E-state index is -0.777. The number of likely N-dealkylation sites (N-methyl/N-ethyl adjacent to an activating group) is 1. The normalized spacial score (nSPS) is 16.0. The molecule has 0 N–H and O–H groups in total. The van der Waals surface area contributed by atoms with Crippen LogP contribution in [-0.4, -0.2) is 40.5 Å². The fourth-order valence-electron chi connectivity index (χ4n) is 3.70. The van der Waals surface area contributed by atoms with E-state index in [0.717, 1.165) is 30.2 Å². The van der Waals surface area contributed by atoms with E-state index in [1.54, 1.807) is 13.2 Å². The number of nitrogens with zero attached hydrogens (tertiary/aromatic N) is 3. The number of hydrogen-bond donors (Lipinski definition) is 0. The summed E-state index contributed by atoms with van der Waals surface area (Å²) in [4.78, 5) is 26.4. The van der Waals surface area contributed by atoms with Crippen molar-refractivity contribution in [1.29, 1.82) is 5.26 Å². The number of ether oxygens (including phenoxy) is 1. The molecule has 1 amide bonds. The first-order valence-corrected chi connectivity index (χ1v) is 8.87. The van der Waals surface area contributed by atoms with Crippen LogP contribution in [0.1, 0.15) is 42.5 Å². The van der Waals surface area contributed by atoms with Crippen molar-refractivity contribution < 1.29 is 14.3 Å². The first-order chi connectivity index (χ1) is 12.5. The van der Waals surface area contributed by atoms with Crippen LogP contribution in [0.3, 0.4) is 0 Å². The Kier molecular flexibility index (Phi) is 4.99. The molecule has 1 heterocycles. The third-order valence-corrected chi connectivity index (χ3v) is 5.35. The maximum atomic E-state index is 12.5. The van der Waals surface area contributed by atoms with Crippen molar-refractivity contribution in [2.45, 2.75) is 37.6 Å². The molecule has 1 aromatic carbocycles.